The Kier molecular flexibility index (Phi) is 3.29. The normalized spacial score (nSPS) is 12.7. The number of aromatic nitrogens is 2. The van der Waals surface area contributed by atoms with Crippen molar-refractivity contribution in [2.24, 2.45) is 5.73 Å². The third kappa shape index (κ3) is 2.11. The fraction of sp³-hybridized carbons (Fsp3) is 0.357. The molecule has 2 aromatic rings. The summed E-state index contributed by atoms with van der Waals surface area (Å²) in [5.74, 6) is 0. The van der Waals surface area contributed by atoms with Crippen LogP contribution in [-0.4, -0.2) is 16.3 Å². The van der Waals surface area contributed by atoms with Crippen molar-refractivity contribution < 1.29 is 0 Å². The highest BCUT2D eigenvalue weighted by atomic mass is 15.3. The van der Waals surface area contributed by atoms with Crippen molar-refractivity contribution in [3.8, 4) is 0 Å². The molecule has 0 aliphatic heterocycles. The Labute approximate surface area is 102 Å². The second kappa shape index (κ2) is 4.72. The fourth-order valence-electron chi connectivity index (χ4n) is 2.10. The van der Waals surface area contributed by atoms with Gasteiger partial charge in [-0.15, -0.1) is 0 Å². The number of aryl methyl sites for hydroxylation is 1. The lowest BCUT2D eigenvalue weighted by atomic mass is 10.1. The number of benzene rings is 1. The number of nitrogens with two attached hydrogens (primary N) is 1. The zero-order valence-electron chi connectivity index (χ0n) is 10.6. The van der Waals surface area contributed by atoms with Crippen molar-refractivity contribution in [3.63, 3.8) is 0 Å². The molecular formula is C14H19N3. The van der Waals surface area contributed by atoms with Crippen LogP contribution in [-0.2, 0) is 0 Å². The molecule has 0 amide bonds. The van der Waals surface area contributed by atoms with Crippen molar-refractivity contribution in [2.75, 3.05) is 6.54 Å². The van der Waals surface area contributed by atoms with Gasteiger partial charge in [-0.3, -0.25) is 4.68 Å². The molecule has 0 bridgehead atoms. The maximum Gasteiger partial charge on any atom is 0.0893 e. The lowest BCUT2D eigenvalue weighted by Gasteiger charge is -2.18. The molecule has 0 fully saturated rings. The van der Waals surface area contributed by atoms with Gasteiger partial charge in [0, 0.05) is 12.2 Å². The van der Waals surface area contributed by atoms with Gasteiger partial charge in [-0.2, -0.15) is 5.10 Å². The molecule has 0 spiro atoms. The quantitative estimate of drug-likeness (QED) is 0.878. The van der Waals surface area contributed by atoms with Crippen molar-refractivity contribution in [2.45, 2.75) is 26.8 Å². The van der Waals surface area contributed by atoms with Crippen LogP contribution in [0.4, 0.5) is 0 Å². The van der Waals surface area contributed by atoms with Gasteiger partial charge in [-0.25, -0.2) is 0 Å². The molecule has 0 aliphatic rings. The number of rotatable bonds is 3. The molecule has 0 saturated heterocycles. The maximum absolute atomic E-state index is 5.90. The second-order valence-corrected chi connectivity index (χ2v) is 4.40. The second-order valence-electron chi connectivity index (χ2n) is 4.40. The first-order valence-corrected chi connectivity index (χ1v) is 5.92. The Balaban J connectivity index is 2.46. The first-order valence-electron chi connectivity index (χ1n) is 5.92. The van der Waals surface area contributed by atoms with Crippen molar-refractivity contribution in [1.82, 2.24) is 9.78 Å². The molecule has 1 unspecified atom stereocenters. The first-order chi connectivity index (χ1) is 8.15. The molecule has 90 valence electrons. The highest BCUT2D eigenvalue weighted by Crippen LogP contribution is 2.21. The van der Waals surface area contributed by atoms with Gasteiger partial charge in [-0.1, -0.05) is 30.3 Å². The van der Waals surface area contributed by atoms with Gasteiger partial charge < -0.3 is 5.73 Å². The Morgan fingerprint density at radius 3 is 2.29 bits per heavy atom. The summed E-state index contributed by atoms with van der Waals surface area (Å²) in [6.45, 7) is 6.80. The van der Waals surface area contributed by atoms with Crippen LogP contribution >= 0.6 is 0 Å². The zero-order chi connectivity index (χ0) is 12.4. The molecule has 2 rings (SSSR count). The minimum Gasteiger partial charge on any atom is -0.328 e. The van der Waals surface area contributed by atoms with E-state index in [9.17, 15) is 0 Å². The molecule has 1 heterocycles. The van der Waals surface area contributed by atoms with Crippen LogP contribution in [0.25, 0.3) is 0 Å². The lowest BCUT2D eigenvalue weighted by molar-refractivity contribution is 0.516. The van der Waals surface area contributed by atoms with Crippen LogP contribution in [0, 0.1) is 20.8 Å². The van der Waals surface area contributed by atoms with Gasteiger partial charge in [0.15, 0.2) is 0 Å². The molecule has 0 aliphatic carbocycles. The minimum absolute atomic E-state index is 0.128. The summed E-state index contributed by atoms with van der Waals surface area (Å²) in [6, 6.07) is 10.4. The van der Waals surface area contributed by atoms with Crippen LogP contribution in [0.1, 0.15) is 28.6 Å². The van der Waals surface area contributed by atoms with Crippen molar-refractivity contribution >= 4 is 0 Å². The molecule has 1 aromatic heterocycles. The van der Waals surface area contributed by atoms with E-state index in [1.807, 2.05) is 29.8 Å². The van der Waals surface area contributed by atoms with E-state index >= 15 is 0 Å². The largest absolute Gasteiger partial charge is 0.328 e. The molecule has 1 atom stereocenters. The Bertz CT molecular complexity index is 500. The summed E-state index contributed by atoms with van der Waals surface area (Å²) in [7, 11) is 0. The number of hydrogen-bond donors (Lipinski definition) is 1. The molecule has 0 radical (unpaired) electrons. The summed E-state index contributed by atoms with van der Waals surface area (Å²) in [5.41, 5.74) is 10.6. The van der Waals surface area contributed by atoms with Crippen LogP contribution in [0.15, 0.2) is 30.3 Å². The smallest absolute Gasteiger partial charge is 0.0893 e. The minimum atomic E-state index is 0.128. The van der Waals surface area contributed by atoms with Gasteiger partial charge >= 0.3 is 0 Å². The van der Waals surface area contributed by atoms with E-state index in [-0.39, 0.29) is 6.04 Å². The van der Waals surface area contributed by atoms with Crippen LogP contribution in [0.3, 0.4) is 0 Å². The molecule has 3 nitrogen and oxygen atoms in total. The van der Waals surface area contributed by atoms with E-state index in [1.165, 1.54) is 16.8 Å². The lowest BCUT2D eigenvalue weighted by Crippen LogP contribution is -2.22. The van der Waals surface area contributed by atoms with Crippen molar-refractivity contribution in [3.05, 3.63) is 52.8 Å². The van der Waals surface area contributed by atoms with E-state index in [0.29, 0.717) is 6.54 Å². The average Bonchev–Trinajstić information content (AvgIpc) is 2.60. The van der Waals surface area contributed by atoms with E-state index < -0.39 is 0 Å². The van der Waals surface area contributed by atoms with Crippen molar-refractivity contribution in [1.29, 1.82) is 0 Å². The summed E-state index contributed by atoms with van der Waals surface area (Å²) < 4.78 is 2.04. The maximum atomic E-state index is 5.90. The van der Waals surface area contributed by atoms with E-state index in [0.717, 1.165) is 5.69 Å². The topological polar surface area (TPSA) is 43.8 Å². The third-order valence-electron chi connectivity index (χ3n) is 3.39. The Morgan fingerprint density at radius 2 is 1.82 bits per heavy atom. The highest BCUT2D eigenvalue weighted by Gasteiger charge is 2.17. The predicted molar refractivity (Wildman–Crippen MR) is 70.1 cm³/mol. The summed E-state index contributed by atoms with van der Waals surface area (Å²) in [6.07, 6.45) is 0. The van der Waals surface area contributed by atoms with Gasteiger partial charge in [-0.05, 0) is 31.9 Å². The molecule has 0 saturated carbocycles. The predicted octanol–water partition coefficient (Wildman–Crippen LogP) is 2.36. The van der Waals surface area contributed by atoms with Crippen LogP contribution in [0.2, 0.25) is 0 Å². The average molecular weight is 229 g/mol. The SMILES string of the molecule is Cc1nn(C(CN)c2ccccc2)c(C)c1C. The van der Waals surface area contributed by atoms with Crippen LogP contribution < -0.4 is 5.73 Å². The van der Waals surface area contributed by atoms with Gasteiger partial charge in [0.05, 0.1) is 11.7 Å². The Hall–Kier alpha value is -1.61. The summed E-state index contributed by atoms with van der Waals surface area (Å²) in [5, 5.41) is 4.59. The fourth-order valence-corrected chi connectivity index (χ4v) is 2.10. The number of hydrogen-bond acceptors (Lipinski definition) is 2. The molecule has 2 N–H and O–H groups in total. The van der Waals surface area contributed by atoms with E-state index in [4.69, 9.17) is 5.73 Å². The van der Waals surface area contributed by atoms with E-state index in [1.54, 1.807) is 0 Å². The monoisotopic (exact) mass is 229 g/mol. The highest BCUT2D eigenvalue weighted by molar-refractivity contribution is 5.26. The van der Waals surface area contributed by atoms with E-state index in [2.05, 4.69) is 31.1 Å². The third-order valence-corrected chi connectivity index (χ3v) is 3.39. The molecule has 1 aromatic carbocycles. The van der Waals surface area contributed by atoms with Crippen LogP contribution in [0.5, 0.6) is 0 Å². The summed E-state index contributed by atoms with van der Waals surface area (Å²) in [4.78, 5) is 0. The van der Waals surface area contributed by atoms with Gasteiger partial charge in [0.1, 0.15) is 0 Å². The number of nitrogens with zero attached hydrogens (tertiary/aromatic N) is 2. The summed E-state index contributed by atoms with van der Waals surface area (Å²) >= 11 is 0. The van der Waals surface area contributed by atoms with Gasteiger partial charge in [0.25, 0.3) is 0 Å². The Morgan fingerprint density at radius 1 is 1.18 bits per heavy atom. The first kappa shape index (κ1) is 11.9. The molecule has 3 heteroatoms. The standard InChI is InChI=1S/C14H19N3/c1-10-11(2)16-17(12(10)3)14(9-15)13-7-5-4-6-8-13/h4-8,14H,9,15H2,1-3H3. The molecular weight excluding hydrogens is 210 g/mol. The zero-order valence-corrected chi connectivity index (χ0v) is 10.6. The molecule has 17 heavy (non-hydrogen) atoms. The van der Waals surface area contributed by atoms with Gasteiger partial charge in [0.2, 0.25) is 0 Å².